The van der Waals surface area contributed by atoms with Gasteiger partial charge in [-0.25, -0.2) is 4.39 Å². The molecule has 2 rings (SSSR count). The first-order valence-corrected chi connectivity index (χ1v) is 6.05. The lowest BCUT2D eigenvalue weighted by Gasteiger charge is -2.10. The summed E-state index contributed by atoms with van der Waals surface area (Å²) in [5, 5.41) is 2.76. The maximum absolute atomic E-state index is 13.0. The van der Waals surface area contributed by atoms with Gasteiger partial charge in [-0.05, 0) is 30.3 Å². The zero-order valence-electron chi connectivity index (χ0n) is 9.58. The molecule has 1 amide bonds. The average molecular weight is 299 g/mol. The van der Waals surface area contributed by atoms with Gasteiger partial charge in [-0.15, -0.1) is 0 Å². The van der Waals surface area contributed by atoms with Gasteiger partial charge in [0, 0.05) is 5.56 Å². The van der Waals surface area contributed by atoms with Gasteiger partial charge in [0.1, 0.15) is 5.82 Å². The number of hydrogen-bond donors (Lipinski definition) is 2. The minimum atomic E-state index is -0.588. The van der Waals surface area contributed by atoms with Crippen molar-refractivity contribution in [3.63, 3.8) is 0 Å². The number of para-hydroxylation sites is 1. The summed E-state index contributed by atoms with van der Waals surface area (Å²) in [5.41, 5.74) is 6.59. The first-order chi connectivity index (χ1) is 8.99. The van der Waals surface area contributed by atoms with Crippen LogP contribution in [0.25, 0.3) is 0 Å². The van der Waals surface area contributed by atoms with E-state index < -0.39 is 11.7 Å². The van der Waals surface area contributed by atoms with E-state index in [-0.39, 0.29) is 10.6 Å². The van der Waals surface area contributed by atoms with Crippen LogP contribution in [-0.2, 0) is 0 Å². The highest BCUT2D eigenvalue weighted by molar-refractivity contribution is 6.35. The fourth-order valence-electron chi connectivity index (χ4n) is 1.50. The third-order valence-electron chi connectivity index (χ3n) is 2.47. The average Bonchev–Trinajstić information content (AvgIpc) is 2.37. The van der Waals surface area contributed by atoms with E-state index in [1.807, 2.05) is 0 Å². The Morgan fingerprint density at radius 2 is 1.89 bits per heavy atom. The second-order valence-electron chi connectivity index (χ2n) is 3.79. The summed E-state index contributed by atoms with van der Waals surface area (Å²) in [5.74, 6) is -1.06. The molecule has 0 aliphatic heterocycles. The maximum Gasteiger partial charge on any atom is 0.255 e. The molecule has 0 saturated heterocycles. The molecule has 0 radical (unpaired) electrons. The number of anilines is 2. The van der Waals surface area contributed by atoms with Crippen LogP contribution >= 0.6 is 23.2 Å². The van der Waals surface area contributed by atoms with Gasteiger partial charge in [0.15, 0.2) is 0 Å². The van der Waals surface area contributed by atoms with Crippen molar-refractivity contribution in [1.29, 1.82) is 0 Å². The summed E-state index contributed by atoms with van der Waals surface area (Å²) in [6.45, 7) is 0. The monoisotopic (exact) mass is 298 g/mol. The molecule has 0 spiro atoms. The van der Waals surface area contributed by atoms with E-state index in [0.29, 0.717) is 16.4 Å². The van der Waals surface area contributed by atoms with Crippen molar-refractivity contribution in [2.45, 2.75) is 0 Å². The number of carbonyl (C=O) groups is 1. The summed E-state index contributed by atoms with van der Waals surface area (Å²) in [7, 11) is 0. The number of rotatable bonds is 2. The molecular formula is C13H9Cl2FN2O. The Morgan fingerprint density at radius 3 is 2.53 bits per heavy atom. The van der Waals surface area contributed by atoms with Gasteiger partial charge in [0.2, 0.25) is 0 Å². The van der Waals surface area contributed by atoms with E-state index in [2.05, 4.69) is 5.32 Å². The Labute approximate surface area is 119 Å². The van der Waals surface area contributed by atoms with Gasteiger partial charge >= 0.3 is 0 Å². The van der Waals surface area contributed by atoms with Crippen LogP contribution in [0.4, 0.5) is 15.8 Å². The SMILES string of the molecule is Nc1cccc(Cl)c1NC(=O)c1ccc(F)c(Cl)c1. The molecule has 0 bridgehead atoms. The highest BCUT2D eigenvalue weighted by atomic mass is 35.5. The van der Waals surface area contributed by atoms with E-state index >= 15 is 0 Å². The van der Waals surface area contributed by atoms with Crippen molar-refractivity contribution in [3.05, 3.63) is 57.8 Å². The molecule has 2 aromatic carbocycles. The Bertz CT molecular complexity index is 626. The molecule has 0 aliphatic rings. The third kappa shape index (κ3) is 2.97. The maximum atomic E-state index is 13.0. The van der Waals surface area contributed by atoms with Crippen LogP contribution in [0.1, 0.15) is 10.4 Å². The molecule has 0 saturated carbocycles. The van der Waals surface area contributed by atoms with Crippen molar-refractivity contribution in [1.82, 2.24) is 0 Å². The normalized spacial score (nSPS) is 10.3. The fraction of sp³-hybridized carbons (Fsp3) is 0. The van der Waals surface area contributed by atoms with Gasteiger partial charge in [0.25, 0.3) is 5.91 Å². The highest BCUT2D eigenvalue weighted by Gasteiger charge is 2.12. The summed E-state index contributed by atoms with van der Waals surface area (Å²) in [4.78, 5) is 12.0. The van der Waals surface area contributed by atoms with Crippen LogP contribution in [0.15, 0.2) is 36.4 Å². The Kier molecular flexibility index (Phi) is 3.93. The molecular weight excluding hydrogens is 290 g/mol. The number of carbonyl (C=O) groups excluding carboxylic acids is 1. The van der Waals surface area contributed by atoms with Crippen molar-refractivity contribution in [2.75, 3.05) is 11.1 Å². The first kappa shape index (κ1) is 13.6. The molecule has 0 aromatic heterocycles. The third-order valence-corrected chi connectivity index (χ3v) is 3.07. The van der Waals surface area contributed by atoms with Gasteiger partial charge in [-0.1, -0.05) is 29.3 Å². The molecule has 19 heavy (non-hydrogen) atoms. The minimum absolute atomic E-state index is 0.125. The molecule has 2 aromatic rings. The Balaban J connectivity index is 2.28. The van der Waals surface area contributed by atoms with Crippen LogP contribution in [-0.4, -0.2) is 5.91 Å². The quantitative estimate of drug-likeness (QED) is 0.824. The lowest BCUT2D eigenvalue weighted by molar-refractivity contribution is 0.102. The van der Waals surface area contributed by atoms with Gasteiger partial charge in [-0.3, -0.25) is 4.79 Å². The number of nitrogens with two attached hydrogens (primary N) is 1. The van der Waals surface area contributed by atoms with Crippen LogP contribution in [0, 0.1) is 5.82 Å². The Hall–Kier alpha value is -1.78. The molecule has 3 N–H and O–H groups in total. The molecule has 0 fully saturated rings. The zero-order chi connectivity index (χ0) is 14.0. The van der Waals surface area contributed by atoms with Gasteiger partial charge < -0.3 is 11.1 Å². The van der Waals surface area contributed by atoms with Gasteiger partial charge in [0.05, 0.1) is 21.4 Å². The van der Waals surface area contributed by atoms with E-state index in [4.69, 9.17) is 28.9 Å². The number of amides is 1. The lowest BCUT2D eigenvalue weighted by Crippen LogP contribution is -2.13. The summed E-state index contributed by atoms with van der Waals surface area (Å²) in [6.07, 6.45) is 0. The standard InChI is InChI=1S/C13H9Cl2FN2O/c14-8-2-1-3-11(17)12(8)18-13(19)7-4-5-10(16)9(15)6-7/h1-6H,17H2,(H,18,19). The number of nitrogens with one attached hydrogen (secondary N) is 1. The predicted molar refractivity (Wildman–Crippen MR) is 75.2 cm³/mol. The molecule has 0 unspecified atom stereocenters. The van der Waals surface area contributed by atoms with E-state index in [0.717, 1.165) is 6.07 Å². The van der Waals surface area contributed by atoms with E-state index in [1.54, 1.807) is 18.2 Å². The second kappa shape index (κ2) is 5.47. The molecule has 98 valence electrons. The summed E-state index contributed by atoms with van der Waals surface area (Å²) < 4.78 is 13.0. The molecule has 3 nitrogen and oxygen atoms in total. The smallest absolute Gasteiger partial charge is 0.255 e. The number of halogens is 3. The van der Waals surface area contributed by atoms with E-state index in [9.17, 15) is 9.18 Å². The number of hydrogen-bond acceptors (Lipinski definition) is 2. The largest absolute Gasteiger partial charge is 0.397 e. The molecule has 0 atom stereocenters. The highest BCUT2D eigenvalue weighted by Crippen LogP contribution is 2.28. The number of benzene rings is 2. The second-order valence-corrected chi connectivity index (χ2v) is 4.60. The van der Waals surface area contributed by atoms with Crippen LogP contribution < -0.4 is 11.1 Å². The van der Waals surface area contributed by atoms with Crippen molar-refractivity contribution >= 4 is 40.5 Å². The molecule has 6 heteroatoms. The van der Waals surface area contributed by atoms with Crippen molar-refractivity contribution < 1.29 is 9.18 Å². The predicted octanol–water partition coefficient (Wildman–Crippen LogP) is 3.97. The molecule has 0 aliphatic carbocycles. The fourth-order valence-corrected chi connectivity index (χ4v) is 1.91. The summed E-state index contributed by atoms with van der Waals surface area (Å²) in [6, 6.07) is 8.56. The van der Waals surface area contributed by atoms with Crippen LogP contribution in [0.3, 0.4) is 0 Å². The van der Waals surface area contributed by atoms with Crippen molar-refractivity contribution in [2.24, 2.45) is 0 Å². The topological polar surface area (TPSA) is 55.1 Å². The minimum Gasteiger partial charge on any atom is -0.397 e. The van der Waals surface area contributed by atoms with Gasteiger partial charge in [-0.2, -0.15) is 0 Å². The summed E-state index contributed by atoms with van der Waals surface area (Å²) >= 11 is 11.6. The first-order valence-electron chi connectivity index (χ1n) is 5.29. The van der Waals surface area contributed by atoms with E-state index in [1.165, 1.54) is 12.1 Å². The number of nitrogen functional groups attached to an aromatic ring is 1. The lowest BCUT2D eigenvalue weighted by atomic mass is 10.2. The van der Waals surface area contributed by atoms with Crippen LogP contribution in [0.5, 0.6) is 0 Å². The Morgan fingerprint density at radius 1 is 1.16 bits per heavy atom. The molecule has 0 heterocycles. The van der Waals surface area contributed by atoms with Crippen molar-refractivity contribution in [3.8, 4) is 0 Å². The van der Waals surface area contributed by atoms with Crippen LogP contribution in [0.2, 0.25) is 10.0 Å². The zero-order valence-corrected chi connectivity index (χ0v) is 11.1.